The Kier molecular flexibility index (Phi) is 5.72. The first-order chi connectivity index (χ1) is 10.6. The molecular weight excluding hydrogens is 264 g/mol. The number of thioether (sulfide) groups is 2. The maximum absolute atomic E-state index is 7.29. The van der Waals surface area contributed by atoms with Crippen molar-refractivity contribution in [2.75, 3.05) is 18.1 Å². The van der Waals surface area contributed by atoms with Gasteiger partial charge in [-0.15, -0.1) is 23.5 Å². The molecule has 0 aliphatic carbocycles. The van der Waals surface area contributed by atoms with Crippen molar-refractivity contribution in [1.82, 2.24) is 0 Å². The van der Waals surface area contributed by atoms with E-state index in [-0.39, 0.29) is 11.2 Å². The van der Waals surface area contributed by atoms with Crippen LogP contribution in [-0.4, -0.2) is 79.8 Å². The van der Waals surface area contributed by atoms with E-state index in [4.69, 9.17) is 12.3 Å². The molecule has 5 N–H and O–H groups in total. The minimum atomic E-state index is -1.21. The molecule has 104 valence electrons. The number of hydrogen-bond acceptors (Lipinski definition) is 7. The molecule has 0 saturated heterocycles. The topological polar surface area (TPSA) is 101 Å². The number of hydrogen-bond donors (Lipinski definition) is 5. The zero-order valence-electron chi connectivity index (χ0n) is 14.9. The Labute approximate surface area is 118 Å². The lowest BCUT2D eigenvalue weighted by atomic mass is 10.0. The number of aliphatic hydroxyl groups is 5. The van der Waals surface area contributed by atoms with E-state index in [1.54, 1.807) is 0 Å². The van der Waals surface area contributed by atoms with Crippen molar-refractivity contribution in [2.24, 2.45) is 0 Å². The van der Waals surface area contributed by atoms with Crippen LogP contribution >= 0.6 is 23.5 Å². The lowest BCUT2D eigenvalue weighted by Crippen LogP contribution is -2.48. The summed E-state index contributed by atoms with van der Waals surface area (Å²) in [5, 5.41) is 22.4. The van der Waals surface area contributed by atoms with Gasteiger partial charge in [0.1, 0.15) is 24.4 Å². The van der Waals surface area contributed by atoms with E-state index < -0.39 is 24.4 Å². The Morgan fingerprint density at radius 1 is 0.941 bits per heavy atom. The largest absolute Gasteiger partial charge is 0.394 e. The molecule has 0 heterocycles. The normalized spacial score (nSPS) is 22.9. The Bertz CT molecular complexity index is 266. The summed E-state index contributed by atoms with van der Waals surface area (Å²) < 4.78 is 35.2. The third kappa shape index (κ3) is 5.78. The molecule has 0 spiro atoms. The zero-order valence-corrected chi connectivity index (χ0v) is 11.5. The standard InChI is InChI=1S/C10H22O5S2/c1-3-16-10(17-4-2)9(15)8(14)7(13)6(12)5-11/h6-15H,3-5H2,1-2H3/t6-,7-,8+,9-/m1/s1/i11D,12D,13D,14D,15D. The van der Waals surface area contributed by atoms with Gasteiger partial charge < -0.3 is 25.5 Å². The minimum Gasteiger partial charge on any atom is -0.394 e. The summed E-state index contributed by atoms with van der Waals surface area (Å²) in [5.74, 6) is 1.53. The maximum atomic E-state index is 7.29. The summed E-state index contributed by atoms with van der Waals surface area (Å²) in [4.78, 5) is 0. The second-order valence-electron chi connectivity index (χ2n) is 3.38. The van der Waals surface area contributed by atoms with E-state index in [0.29, 0.717) is 0 Å². The fourth-order valence-corrected chi connectivity index (χ4v) is 3.76. The number of aliphatic hydroxyl groups excluding tert-OH is 5. The molecule has 17 heavy (non-hydrogen) atoms. The molecule has 0 saturated carbocycles. The van der Waals surface area contributed by atoms with Gasteiger partial charge in [0.25, 0.3) is 0 Å². The van der Waals surface area contributed by atoms with Crippen LogP contribution in [-0.2, 0) is 0 Å². The lowest BCUT2D eigenvalue weighted by Gasteiger charge is -2.30. The highest BCUT2D eigenvalue weighted by Gasteiger charge is 2.34. The van der Waals surface area contributed by atoms with Crippen LogP contribution < -0.4 is 0 Å². The molecular formula is C10H22O5S2. The highest BCUT2D eigenvalue weighted by molar-refractivity contribution is 8.17. The van der Waals surface area contributed by atoms with Crippen molar-refractivity contribution in [1.29, 1.82) is 7.16 Å². The first-order valence-electron chi connectivity index (χ1n) is 7.48. The summed E-state index contributed by atoms with van der Waals surface area (Å²) in [7, 11) is 0. The Hall–Kier alpha value is 0.500. The molecule has 7 heteroatoms. The van der Waals surface area contributed by atoms with Crippen molar-refractivity contribution in [2.45, 2.75) is 42.8 Å². The minimum absolute atomic E-state index is 0.219. The quantitative estimate of drug-likeness (QED) is 0.269. The van der Waals surface area contributed by atoms with Crippen LogP contribution in [0.25, 0.3) is 0 Å². The summed E-state index contributed by atoms with van der Waals surface area (Å²) in [6.07, 6.45) is -4.37. The van der Waals surface area contributed by atoms with Gasteiger partial charge in [0.2, 0.25) is 7.16 Å². The van der Waals surface area contributed by atoms with Crippen LogP contribution in [0.3, 0.4) is 0 Å². The van der Waals surface area contributed by atoms with E-state index >= 15 is 0 Å². The lowest BCUT2D eigenvalue weighted by molar-refractivity contribution is -0.111. The van der Waals surface area contributed by atoms with Gasteiger partial charge in [0.05, 0.1) is 11.2 Å². The summed E-state index contributed by atoms with van der Waals surface area (Å²) >= 11 is 3.04. The van der Waals surface area contributed by atoms with Crippen molar-refractivity contribution >= 4 is 23.5 Å². The van der Waals surface area contributed by atoms with E-state index in [1.807, 2.05) is 13.8 Å². The molecule has 0 aliphatic rings. The predicted octanol–water partition coefficient (Wildman–Crippen LogP) is -0.745. The molecule has 0 rings (SSSR count). The predicted molar refractivity (Wildman–Crippen MR) is 71.2 cm³/mol. The molecule has 0 aromatic carbocycles. The molecule has 0 aromatic heterocycles. The monoisotopic (exact) mass is 291 g/mol. The van der Waals surface area contributed by atoms with E-state index in [1.165, 1.54) is 23.5 Å². The van der Waals surface area contributed by atoms with Crippen molar-refractivity contribution in [3.8, 4) is 0 Å². The highest BCUT2D eigenvalue weighted by atomic mass is 32.2. The van der Waals surface area contributed by atoms with Crippen LogP contribution in [0, 0.1) is 0 Å². The molecule has 0 unspecified atom stereocenters. The SMILES string of the molecule is [2H]OC[C@@H](O[2H])[C@@H](O[2H])[C@H](O[2H])[C@@H](O[2H])C(SCC)SCC. The van der Waals surface area contributed by atoms with Crippen molar-refractivity contribution in [3.05, 3.63) is 0 Å². The van der Waals surface area contributed by atoms with E-state index in [9.17, 15) is 0 Å². The van der Waals surface area contributed by atoms with Crippen molar-refractivity contribution in [3.63, 3.8) is 0 Å². The molecule has 0 amide bonds. The average Bonchev–Trinajstić information content (AvgIpc) is 2.53. The van der Waals surface area contributed by atoms with Gasteiger partial charge in [0.15, 0.2) is 0 Å². The molecule has 0 fully saturated rings. The van der Waals surface area contributed by atoms with Gasteiger partial charge in [-0.3, -0.25) is 0 Å². The van der Waals surface area contributed by atoms with Gasteiger partial charge in [-0.05, 0) is 11.5 Å². The van der Waals surface area contributed by atoms with Crippen molar-refractivity contribution < 1.29 is 25.5 Å². The molecule has 0 aliphatic heterocycles. The van der Waals surface area contributed by atoms with Gasteiger partial charge in [-0.25, -0.2) is 0 Å². The molecule has 0 radical (unpaired) electrons. The van der Waals surface area contributed by atoms with Crippen LogP contribution in [0.15, 0.2) is 0 Å². The first-order valence-corrected chi connectivity index (χ1v) is 7.53. The number of rotatable bonds is 14. The van der Waals surface area contributed by atoms with E-state index in [0.717, 1.165) is 11.5 Å². The van der Waals surface area contributed by atoms with Gasteiger partial charge in [-0.2, -0.15) is 0 Å². The second-order valence-corrected chi connectivity index (χ2v) is 6.51. The second kappa shape index (κ2) is 9.43. The first kappa shape index (κ1) is 10.3. The third-order valence-electron chi connectivity index (χ3n) is 2.11. The fourth-order valence-electron chi connectivity index (χ4n) is 1.21. The van der Waals surface area contributed by atoms with Crippen LogP contribution in [0.2, 0.25) is 0 Å². The Balaban J connectivity index is 5.24. The fraction of sp³-hybridized carbons (Fsp3) is 1.00. The molecule has 5 nitrogen and oxygen atoms in total. The average molecular weight is 291 g/mol. The molecule has 0 aromatic rings. The smallest absolute Gasteiger partial charge is 0.211 e. The summed E-state index contributed by atoms with van der Waals surface area (Å²) in [6.45, 7) is 3.56. The van der Waals surface area contributed by atoms with Crippen LogP contribution in [0.5, 0.6) is 0 Å². The van der Waals surface area contributed by atoms with Crippen LogP contribution in [0.4, 0.5) is 0 Å². The third-order valence-corrected chi connectivity index (χ3v) is 4.79. The van der Waals surface area contributed by atoms with E-state index in [2.05, 4.69) is 20.4 Å². The summed E-state index contributed by atoms with van der Waals surface area (Å²) in [5.41, 5.74) is 0. The zero-order chi connectivity index (χ0) is 17.0. The van der Waals surface area contributed by atoms with Gasteiger partial charge in [0, 0.05) is 0 Å². The summed E-state index contributed by atoms with van der Waals surface area (Å²) in [6, 6.07) is 0. The Morgan fingerprint density at radius 3 is 2.00 bits per heavy atom. The molecule has 4 atom stereocenters. The van der Waals surface area contributed by atoms with Gasteiger partial charge >= 0.3 is 0 Å². The maximum Gasteiger partial charge on any atom is 0.211 e. The van der Waals surface area contributed by atoms with Crippen LogP contribution in [0.1, 0.15) is 13.8 Å². The van der Waals surface area contributed by atoms with Gasteiger partial charge in [-0.1, -0.05) is 13.8 Å². The highest BCUT2D eigenvalue weighted by Crippen LogP contribution is 2.29. The molecule has 0 bridgehead atoms. The Morgan fingerprint density at radius 2 is 1.59 bits per heavy atom.